The maximum absolute atomic E-state index is 12.8. The van der Waals surface area contributed by atoms with Crippen molar-refractivity contribution in [2.24, 2.45) is 11.1 Å². The molecular formula is C20H23N3O3. The SMILES string of the molecule is NC(=O)C1(C(=O)N2CCC3(CC2)OCCc2c3[nH]c3ccccc23)CC1. The van der Waals surface area contributed by atoms with Crippen molar-refractivity contribution >= 4 is 22.7 Å². The van der Waals surface area contributed by atoms with Crippen molar-refractivity contribution in [3.8, 4) is 0 Å². The highest BCUT2D eigenvalue weighted by Crippen LogP contribution is 2.49. The predicted octanol–water partition coefficient (Wildman–Crippen LogP) is 1.82. The summed E-state index contributed by atoms with van der Waals surface area (Å²) in [6.07, 6.45) is 3.58. The number of nitrogens with one attached hydrogen (secondary N) is 1. The molecule has 5 rings (SSSR count). The molecular weight excluding hydrogens is 330 g/mol. The van der Waals surface area contributed by atoms with Crippen LogP contribution in [-0.4, -0.2) is 41.4 Å². The molecule has 6 heteroatoms. The molecule has 3 aliphatic rings. The minimum absolute atomic E-state index is 0.0903. The van der Waals surface area contributed by atoms with E-state index in [-0.39, 0.29) is 11.5 Å². The second-order valence-electron chi connectivity index (χ2n) is 7.86. The number of aromatic amines is 1. The van der Waals surface area contributed by atoms with Gasteiger partial charge in [-0.3, -0.25) is 9.59 Å². The van der Waals surface area contributed by atoms with Crippen LogP contribution >= 0.6 is 0 Å². The van der Waals surface area contributed by atoms with Crippen molar-refractivity contribution in [1.82, 2.24) is 9.88 Å². The normalized spacial score (nSPS) is 23.0. The molecule has 0 bridgehead atoms. The molecule has 1 aromatic carbocycles. The summed E-state index contributed by atoms with van der Waals surface area (Å²) in [6.45, 7) is 1.90. The maximum atomic E-state index is 12.8. The molecule has 1 spiro atoms. The van der Waals surface area contributed by atoms with E-state index in [9.17, 15) is 9.59 Å². The van der Waals surface area contributed by atoms with E-state index < -0.39 is 11.3 Å². The summed E-state index contributed by atoms with van der Waals surface area (Å²) in [5, 5.41) is 1.27. The minimum Gasteiger partial charge on any atom is -0.369 e. The van der Waals surface area contributed by atoms with E-state index in [0.29, 0.717) is 32.5 Å². The lowest BCUT2D eigenvalue weighted by molar-refractivity contribution is -0.150. The van der Waals surface area contributed by atoms with Crippen LogP contribution in [0.5, 0.6) is 0 Å². The van der Waals surface area contributed by atoms with E-state index in [0.717, 1.165) is 24.8 Å². The van der Waals surface area contributed by atoms with Gasteiger partial charge in [0.05, 0.1) is 12.3 Å². The van der Waals surface area contributed by atoms with Gasteiger partial charge in [0.25, 0.3) is 0 Å². The Balaban J connectivity index is 1.42. The summed E-state index contributed by atoms with van der Waals surface area (Å²) < 4.78 is 6.28. The zero-order chi connectivity index (χ0) is 17.9. The van der Waals surface area contributed by atoms with E-state index in [2.05, 4.69) is 23.2 Å². The average Bonchev–Trinajstić information content (AvgIpc) is 3.39. The Labute approximate surface area is 151 Å². The molecule has 136 valence electrons. The molecule has 2 amide bonds. The number of primary amides is 1. The Morgan fingerprint density at radius 2 is 1.85 bits per heavy atom. The predicted molar refractivity (Wildman–Crippen MR) is 96.3 cm³/mol. The number of para-hydroxylation sites is 1. The average molecular weight is 353 g/mol. The van der Waals surface area contributed by atoms with Crippen LogP contribution in [0.15, 0.2) is 24.3 Å². The van der Waals surface area contributed by atoms with Gasteiger partial charge < -0.3 is 20.4 Å². The Morgan fingerprint density at radius 3 is 2.54 bits per heavy atom. The quantitative estimate of drug-likeness (QED) is 0.807. The van der Waals surface area contributed by atoms with Gasteiger partial charge >= 0.3 is 0 Å². The number of hydrogen-bond donors (Lipinski definition) is 2. The number of H-pyrrole nitrogens is 1. The number of likely N-dealkylation sites (tertiary alicyclic amines) is 1. The zero-order valence-electron chi connectivity index (χ0n) is 14.7. The van der Waals surface area contributed by atoms with E-state index in [1.807, 2.05) is 11.0 Å². The van der Waals surface area contributed by atoms with Crippen LogP contribution in [-0.2, 0) is 26.3 Å². The van der Waals surface area contributed by atoms with Gasteiger partial charge in [-0.25, -0.2) is 0 Å². The molecule has 1 saturated heterocycles. The molecule has 1 aliphatic carbocycles. The molecule has 0 radical (unpaired) electrons. The van der Waals surface area contributed by atoms with Crippen LogP contribution in [0.4, 0.5) is 0 Å². The molecule has 2 aromatic rings. The maximum Gasteiger partial charge on any atom is 0.238 e. The first-order chi connectivity index (χ1) is 12.6. The number of nitrogens with two attached hydrogens (primary N) is 1. The van der Waals surface area contributed by atoms with Gasteiger partial charge in [0.1, 0.15) is 11.0 Å². The number of amides is 2. The molecule has 0 atom stereocenters. The fourth-order valence-corrected chi connectivity index (χ4v) is 4.73. The van der Waals surface area contributed by atoms with Crippen LogP contribution in [0.25, 0.3) is 10.9 Å². The Kier molecular flexibility index (Phi) is 3.26. The molecule has 3 heterocycles. The first-order valence-corrected chi connectivity index (χ1v) is 9.39. The summed E-state index contributed by atoms with van der Waals surface area (Å²) in [6, 6.07) is 8.37. The van der Waals surface area contributed by atoms with Crippen molar-refractivity contribution in [2.45, 2.75) is 37.7 Å². The largest absolute Gasteiger partial charge is 0.369 e. The molecule has 6 nitrogen and oxygen atoms in total. The van der Waals surface area contributed by atoms with Crippen LogP contribution in [0.2, 0.25) is 0 Å². The van der Waals surface area contributed by atoms with E-state index in [1.54, 1.807) is 0 Å². The van der Waals surface area contributed by atoms with Gasteiger partial charge in [0.15, 0.2) is 0 Å². The first-order valence-electron chi connectivity index (χ1n) is 9.39. The summed E-state index contributed by atoms with van der Waals surface area (Å²) in [4.78, 5) is 29.8. The van der Waals surface area contributed by atoms with Crippen molar-refractivity contribution in [1.29, 1.82) is 0 Å². The highest BCUT2D eigenvalue weighted by atomic mass is 16.5. The van der Waals surface area contributed by atoms with Crippen LogP contribution in [0.3, 0.4) is 0 Å². The lowest BCUT2D eigenvalue weighted by Crippen LogP contribution is -2.51. The number of carbonyl (C=O) groups excluding carboxylic acids is 2. The van der Waals surface area contributed by atoms with E-state index >= 15 is 0 Å². The van der Waals surface area contributed by atoms with Gasteiger partial charge in [-0.05, 0) is 43.7 Å². The highest BCUT2D eigenvalue weighted by molar-refractivity contribution is 6.07. The highest BCUT2D eigenvalue weighted by Gasteiger charge is 2.58. The summed E-state index contributed by atoms with van der Waals surface area (Å²) in [5.74, 6) is -0.567. The number of rotatable bonds is 2. The van der Waals surface area contributed by atoms with Gasteiger partial charge in [0, 0.05) is 24.0 Å². The number of carbonyl (C=O) groups is 2. The Hall–Kier alpha value is -2.34. The molecule has 2 aliphatic heterocycles. The van der Waals surface area contributed by atoms with Gasteiger partial charge in [-0.15, -0.1) is 0 Å². The zero-order valence-corrected chi connectivity index (χ0v) is 14.7. The third-order valence-electron chi connectivity index (χ3n) is 6.49. The fraction of sp³-hybridized carbons (Fsp3) is 0.500. The van der Waals surface area contributed by atoms with E-state index in [4.69, 9.17) is 10.5 Å². The third-order valence-corrected chi connectivity index (χ3v) is 6.49. The standard InChI is InChI=1S/C20H23N3O3/c21-17(24)19(6-7-19)18(25)23-10-8-20(9-11-23)16-14(5-12-26-20)13-3-1-2-4-15(13)22-16/h1-4,22H,5-12H2,(H2,21,24). The number of nitrogens with zero attached hydrogens (tertiary/aromatic N) is 1. The number of benzene rings is 1. The van der Waals surface area contributed by atoms with Gasteiger partial charge in [0.2, 0.25) is 11.8 Å². The first kappa shape index (κ1) is 15.9. The van der Waals surface area contributed by atoms with Gasteiger partial charge in [-0.2, -0.15) is 0 Å². The number of piperidine rings is 1. The van der Waals surface area contributed by atoms with Crippen LogP contribution in [0.1, 0.15) is 36.9 Å². The molecule has 3 N–H and O–H groups in total. The van der Waals surface area contributed by atoms with Crippen molar-refractivity contribution in [3.63, 3.8) is 0 Å². The Bertz CT molecular complexity index is 904. The third kappa shape index (κ3) is 2.08. The summed E-state index contributed by atoms with van der Waals surface area (Å²) in [7, 11) is 0. The summed E-state index contributed by atoms with van der Waals surface area (Å²) >= 11 is 0. The van der Waals surface area contributed by atoms with Crippen molar-refractivity contribution in [2.75, 3.05) is 19.7 Å². The fourth-order valence-electron chi connectivity index (χ4n) is 4.73. The molecule has 0 unspecified atom stereocenters. The lowest BCUT2D eigenvalue weighted by Gasteiger charge is -2.44. The second-order valence-corrected chi connectivity index (χ2v) is 7.86. The molecule has 1 aromatic heterocycles. The number of ether oxygens (including phenoxy) is 1. The second kappa shape index (κ2) is 5.33. The van der Waals surface area contributed by atoms with Crippen LogP contribution in [0, 0.1) is 5.41 Å². The Morgan fingerprint density at radius 1 is 1.12 bits per heavy atom. The minimum atomic E-state index is -0.926. The molecule has 1 saturated carbocycles. The van der Waals surface area contributed by atoms with E-state index in [1.165, 1.54) is 16.6 Å². The number of hydrogen-bond acceptors (Lipinski definition) is 3. The smallest absolute Gasteiger partial charge is 0.238 e. The number of fused-ring (bicyclic) bond motifs is 4. The van der Waals surface area contributed by atoms with Gasteiger partial charge in [-0.1, -0.05) is 18.2 Å². The summed E-state index contributed by atoms with van der Waals surface area (Å²) in [5.41, 5.74) is 7.85. The van der Waals surface area contributed by atoms with Crippen molar-refractivity contribution in [3.05, 3.63) is 35.5 Å². The number of aromatic nitrogens is 1. The van der Waals surface area contributed by atoms with Crippen molar-refractivity contribution < 1.29 is 14.3 Å². The van der Waals surface area contributed by atoms with Crippen LogP contribution < -0.4 is 5.73 Å². The monoisotopic (exact) mass is 353 g/mol. The molecule has 26 heavy (non-hydrogen) atoms. The molecule has 2 fully saturated rings. The lowest BCUT2D eigenvalue weighted by atomic mass is 9.82. The topological polar surface area (TPSA) is 88.4 Å².